The van der Waals surface area contributed by atoms with Crippen LogP contribution in [0.15, 0.2) is 18.2 Å². The standard InChI is InChI=1S/C14H22N2O2S/c1-11-12(15)5-3-6-13(11)16-14(17)7-10-19-9-4-8-18-2/h3,5-6H,4,7-10,15H2,1-2H3,(H,16,17). The maximum absolute atomic E-state index is 11.8. The average Bonchev–Trinajstić information content (AvgIpc) is 2.39. The van der Waals surface area contributed by atoms with Gasteiger partial charge in [-0.1, -0.05) is 6.07 Å². The maximum atomic E-state index is 11.8. The zero-order valence-corrected chi connectivity index (χ0v) is 12.4. The molecule has 0 spiro atoms. The molecule has 0 aromatic heterocycles. The average molecular weight is 282 g/mol. The Bertz CT molecular complexity index is 410. The molecule has 1 rings (SSSR count). The van der Waals surface area contributed by atoms with E-state index >= 15 is 0 Å². The van der Waals surface area contributed by atoms with Crippen LogP contribution in [0.4, 0.5) is 11.4 Å². The smallest absolute Gasteiger partial charge is 0.225 e. The number of carbonyl (C=O) groups excluding carboxylic acids is 1. The topological polar surface area (TPSA) is 64.3 Å². The van der Waals surface area contributed by atoms with E-state index in [1.165, 1.54) is 0 Å². The van der Waals surface area contributed by atoms with E-state index in [0.29, 0.717) is 12.1 Å². The molecule has 3 N–H and O–H groups in total. The monoisotopic (exact) mass is 282 g/mol. The van der Waals surface area contributed by atoms with Crippen LogP contribution in [-0.4, -0.2) is 31.1 Å². The van der Waals surface area contributed by atoms with Crippen LogP contribution in [-0.2, 0) is 9.53 Å². The summed E-state index contributed by atoms with van der Waals surface area (Å²) >= 11 is 1.77. The van der Waals surface area contributed by atoms with Crippen LogP contribution in [0.1, 0.15) is 18.4 Å². The Labute approximate surface area is 119 Å². The van der Waals surface area contributed by atoms with Crippen LogP contribution in [0, 0.1) is 6.92 Å². The van der Waals surface area contributed by atoms with E-state index in [2.05, 4.69) is 5.32 Å². The van der Waals surface area contributed by atoms with Gasteiger partial charge < -0.3 is 15.8 Å². The summed E-state index contributed by atoms with van der Waals surface area (Å²) < 4.78 is 4.97. The molecule has 0 saturated heterocycles. The van der Waals surface area contributed by atoms with E-state index in [9.17, 15) is 4.79 Å². The molecule has 0 radical (unpaired) electrons. The van der Waals surface area contributed by atoms with E-state index < -0.39 is 0 Å². The van der Waals surface area contributed by atoms with Gasteiger partial charge in [-0.2, -0.15) is 11.8 Å². The molecule has 0 heterocycles. The number of methoxy groups -OCH3 is 1. The van der Waals surface area contributed by atoms with E-state index in [-0.39, 0.29) is 5.91 Å². The number of nitrogens with two attached hydrogens (primary N) is 1. The molecule has 5 heteroatoms. The number of hydrogen-bond acceptors (Lipinski definition) is 4. The molecular formula is C14H22N2O2S. The third-order valence-corrected chi connectivity index (χ3v) is 3.83. The third-order valence-electron chi connectivity index (χ3n) is 2.76. The van der Waals surface area contributed by atoms with Gasteiger partial charge >= 0.3 is 0 Å². The third kappa shape index (κ3) is 5.98. The molecular weight excluding hydrogens is 260 g/mol. The van der Waals surface area contributed by atoms with E-state index in [0.717, 1.165) is 35.8 Å². The first-order chi connectivity index (χ1) is 9.15. The van der Waals surface area contributed by atoms with Gasteiger partial charge in [0.15, 0.2) is 0 Å². The lowest BCUT2D eigenvalue weighted by Gasteiger charge is -2.10. The molecule has 0 atom stereocenters. The Balaban J connectivity index is 2.26. The minimum Gasteiger partial charge on any atom is -0.398 e. The van der Waals surface area contributed by atoms with Gasteiger partial charge in [0.1, 0.15) is 0 Å². The number of benzene rings is 1. The molecule has 0 unspecified atom stereocenters. The number of nitrogens with one attached hydrogen (secondary N) is 1. The first kappa shape index (κ1) is 15.9. The second kappa shape index (κ2) is 8.82. The number of rotatable bonds is 8. The van der Waals surface area contributed by atoms with E-state index in [4.69, 9.17) is 10.5 Å². The van der Waals surface area contributed by atoms with Crippen LogP contribution in [0.3, 0.4) is 0 Å². The summed E-state index contributed by atoms with van der Waals surface area (Å²) in [7, 11) is 1.70. The Morgan fingerprint density at radius 1 is 1.42 bits per heavy atom. The van der Waals surface area contributed by atoms with Crippen molar-refractivity contribution in [2.24, 2.45) is 0 Å². The van der Waals surface area contributed by atoms with Crippen molar-refractivity contribution in [2.45, 2.75) is 19.8 Å². The van der Waals surface area contributed by atoms with Crippen molar-refractivity contribution < 1.29 is 9.53 Å². The Morgan fingerprint density at radius 3 is 2.95 bits per heavy atom. The number of nitrogen functional groups attached to an aromatic ring is 1. The van der Waals surface area contributed by atoms with Crippen LogP contribution >= 0.6 is 11.8 Å². The van der Waals surface area contributed by atoms with Crippen molar-refractivity contribution in [1.82, 2.24) is 0 Å². The molecule has 19 heavy (non-hydrogen) atoms. The summed E-state index contributed by atoms with van der Waals surface area (Å²) in [5, 5.41) is 2.90. The molecule has 1 amide bonds. The highest BCUT2D eigenvalue weighted by Crippen LogP contribution is 2.20. The van der Waals surface area contributed by atoms with Gasteiger partial charge in [0.2, 0.25) is 5.91 Å². The number of hydrogen-bond donors (Lipinski definition) is 2. The van der Waals surface area contributed by atoms with Gasteiger partial charge in [0, 0.05) is 37.3 Å². The zero-order valence-electron chi connectivity index (χ0n) is 11.6. The highest BCUT2D eigenvalue weighted by atomic mass is 32.2. The predicted octanol–water partition coefficient (Wildman–Crippen LogP) is 2.68. The Kier molecular flexibility index (Phi) is 7.36. The van der Waals surface area contributed by atoms with Crippen molar-refractivity contribution in [3.8, 4) is 0 Å². The maximum Gasteiger partial charge on any atom is 0.225 e. The highest BCUT2D eigenvalue weighted by Gasteiger charge is 2.06. The van der Waals surface area contributed by atoms with Crippen LogP contribution in [0.2, 0.25) is 0 Å². The van der Waals surface area contributed by atoms with Gasteiger partial charge in [0.25, 0.3) is 0 Å². The molecule has 0 aliphatic carbocycles. The predicted molar refractivity (Wildman–Crippen MR) is 82.7 cm³/mol. The van der Waals surface area contributed by atoms with E-state index in [1.807, 2.05) is 25.1 Å². The Morgan fingerprint density at radius 2 is 2.21 bits per heavy atom. The minimum absolute atomic E-state index is 0.0351. The van der Waals surface area contributed by atoms with Gasteiger partial charge in [-0.3, -0.25) is 4.79 Å². The summed E-state index contributed by atoms with van der Waals surface area (Å²) in [6.45, 7) is 2.69. The van der Waals surface area contributed by atoms with Crippen LogP contribution in [0.25, 0.3) is 0 Å². The second-order valence-electron chi connectivity index (χ2n) is 4.28. The number of ether oxygens (including phenoxy) is 1. The van der Waals surface area contributed by atoms with Crippen molar-refractivity contribution in [3.05, 3.63) is 23.8 Å². The van der Waals surface area contributed by atoms with Crippen molar-refractivity contribution in [1.29, 1.82) is 0 Å². The first-order valence-corrected chi connectivity index (χ1v) is 7.52. The number of anilines is 2. The summed E-state index contributed by atoms with van der Waals surface area (Å²) in [4.78, 5) is 11.8. The first-order valence-electron chi connectivity index (χ1n) is 6.36. The van der Waals surface area contributed by atoms with Crippen molar-refractivity contribution in [3.63, 3.8) is 0 Å². The normalized spacial score (nSPS) is 10.4. The van der Waals surface area contributed by atoms with Gasteiger partial charge in [-0.25, -0.2) is 0 Å². The second-order valence-corrected chi connectivity index (χ2v) is 5.50. The summed E-state index contributed by atoms with van der Waals surface area (Å²) in [6, 6.07) is 5.55. The fourth-order valence-corrected chi connectivity index (χ4v) is 2.43. The molecule has 106 valence electrons. The molecule has 0 fully saturated rings. The largest absolute Gasteiger partial charge is 0.398 e. The van der Waals surface area contributed by atoms with Crippen LogP contribution in [0.5, 0.6) is 0 Å². The summed E-state index contributed by atoms with van der Waals surface area (Å²) in [5.74, 6) is 1.89. The fourth-order valence-electron chi connectivity index (χ4n) is 1.57. The molecule has 0 aliphatic heterocycles. The number of amides is 1. The molecule has 0 saturated carbocycles. The number of carbonyl (C=O) groups is 1. The lowest BCUT2D eigenvalue weighted by Crippen LogP contribution is -2.13. The lowest BCUT2D eigenvalue weighted by molar-refractivity contribution is -0.115. The number of thioether (sulfide) groups is 1. The molecule has 4 nitrogen and oxygen atoms in total. The Hall–Kier alpha value is -1.20. The van der Waals surface area contributed by atoms with Crippen LogP contribution < -0.4 is 11.1 Å². The van der Waals surface area contributed by atoms with Crippen molar-refractivity contribution in [2.75, 3.05) is 36.3 Å². The quantitative estimate of drug-likeness (QED) is 0.568. The summed E-state index contributed by atoms with van der Waals surface area (Å²) in [6.07, 6.45) is 1.54. The zero-order chi connectivity index (χ0) is 14.1. The van der Waals surface area contributed by atoms with E-state index in [1.54, 1.807) is 18.9 Å². The molecule has 1 aromatic carbocycles. The molecule has 1 aromatic rings. The molecule has 0 aliphatic rings. The fraction of sp³-hybridized carbons (Fsp3) is 0.500. The SMILES string of the molecule is COCCCSCCC(=O)Nc1cccc(N)c1C. The van der Waals surface area contributed by atoms with Gasteiger partial charge in [-0.15, -0.1) is 0 Å². The lowest BCUT2D eigenvalue weighted by atomic mass is 10.1. The minimum atomic E-state index is 0.0351. The van der Waals surface area contributed by atoms with Gasteiger partial charge in [-0.05, 0) is 36.8 Å². The summed E-state index contributed by atoms with van der Waals surface area (Å²) in [5.41, 5.74) is 8.22. The highest BCUT2D eigenvalue weighted by molar-refractivity contribution is 7.99. The van der Waals surface area contributed by atoms with Crippen molar-refractivity contribution >= 4 is 29.0 Å². The van der Waals surface area contributed by atoms with Gasteiger partial charge in [0.05, 0.1) is 0 Å². The molecule has 0 bridgehead atoms.